The Labute approximate surface area is 111 Å². The van der Waals surface area contributed by atoms with Gasteiger partial charge in [0, 0.05) is 31.9 Å². The van der Waals surface area contributed by atoms with Crippen LogP contribution in [0.4, 0.5) is 5.69 Å². The summed E-state index contributed by atoms with van der Waals surface area (Å²) in [5.74, 6) is 0. The van der Waals surface area contributed by atoms with Crippen molar-refractivity contribution in [3.05, 3.63) is 29.3 Å². The summed E-state index contributed by atoms with van der Waals surface area (Å²) in [6.07, 6.45) is 5.09. The fourth-order valence-corrected chi connectivity index (χ4v) is 2.63. The number of anilines is 1. The van der Waals surface area contributed by atoms with Gasteiger partial charge in [0.1, 0.15) is 0 Å². The number of hydrogen-bond donors (Lipinski definition) is 1. The maximum absolute atomic E-state index is 3.62. The summed E-state index contributed by atoms with van der Waals surface area (Å²) < 4.78 is 0. The first-order valence-corrected chi connectivity index (χ1v) is 7.27. The summed E-state index contributed by atoms with van der Waals surface area (Å²) in [4.78, 5) is 2.34. The van der Waals surface area contributed by atoms with Crippen molar-refractivity contribution in [2.45, 2.75) is 52.1 Å². The van der Waals surface area contributed by atoms with Gasteiger partial charge in [-0.25, -0.2) is 0 Å². The normalized spacial score (nSPS) is 15.8. The third-order valence-corrected chi connectivity index (χ3v) is 3.92. The first kappa shape index (κ1) is 13.4. The molecular formula is C16H26N2. The smallest absolute Gasteiger partial charge is 0.0397 e. The van der Waals surface area contributed by atoms with Gasteiger partial charge in [-0.3, -0.25) is 0 Å². The molecule has 0 aliphatic carbocycles. The summed E-state index contributed by atoms with van der Waals surface area (Å²) in [5.41, 5.74) is 4.35. The highest BCUT2D eigenvalue weighted by Gasteiger charge is 2.15. The molecule has 1 aromatic rings. The highest BCUT2D eigenvalue weighted by atomic mass is 15.1. The van der Waals surface area contributed by atoms with Gasteiger partial charge in [-0.15, -0.1) is 0 Å². The second kappa shape index (κ2) is 6.24. The highest BCUT2D eigenvalue weighted by Crippen LogP contribution is 2.27. The molecule has 0 fully saturated rings. The molecular weight excluding hydrogens is 220 g/mol. The lowest BCUT2D eigenvalue weighted by Gasteiger charge is -2.15. The minimum atomic E-state index is 0.626. The second-order valence-corrected chi connectivity index (χ2v) is 5.56. The Morgan fingerprint density at radius 2 is 2.22 bits per heavy atom. The number of hydrogen-bond acceptors (Lipinski definition) is 2. The SMILES string of the molecule is CCCCC(C)NCc1ccc2c(c1)CCN2C. The molecule has 1 aromatic carbocycles. The molecule has 0 spiro atoms. The number of benzene rings is 1. The van der Waals surface area contributed by atoms with Crippen molar-refractivity contribution in [1.82, 2.24) is 5.32 Å². The maximum Gasteiger partial charge on any atom is 0.0397 e. The van der Waals surface area contributed by atoms with Crippen molar-refractivity contribution in [1.29, 1.82) is 0 Å². The molecule has 1 aliphatic rings. The van der Waals surface area contributed by atoms with Gasteiger partial charge in [0.15, 0.2) is 0 Å². The molecule has 0 saturated carbocycles. The zero-order chi connectivity index (χ0) is 13.0. The van der Waals surface area contributed by atoms with Crippen molar-refractivity contribution in [3.8, 4) is 0 Å². The topological polar surface area (TPSA) is 15.3 Å². The molecule has 1 N–H and O–H groups in total. The summed E-state index contributed by atoms with van der Waals surface area (Å²) in [6, 6.07) is 7.54. The number of likely N-dealkylation sites (N-methyl/N-ethyl adjacent to an activating group) is 1. The van der Waals surface area contributed by atoms with Crippen LogP contribution < -0.4 is 10.2 Å². The minimum Gasteiger partial charge on any atom is -0.374 e. The van der Waals surface area contributed by atoms with Crippen LogP contribution in [0.15, 0.2) is 18.2 Å². The third-order valence-electron chi connectivity index (χ3n) is 3.92. The van der Waals surface area contributed by atoms with Gasteiger partial charge < -0.3 is 10.2 Å². The van der Waals surface area contributed by atoms with Crippen LogP contribution in [0.1, 0.15) is 44.2 Å². The van der Waals surface area contributed by atoms with E-state index in [9.17, 15) is 0 Å². The Bertz CT molecular complexity index is 387. The molecule has 100 valence electrons. The molecule has 2 rings (SSSR count). The standard InChI is InChI=1S/C16H26N2/c1-4-5-6-13(2)17-12-14-7-8-16-15(11-14)9-10-18(16)3/h7-8,11,13,17H,4-6,9-10,12H2,1-3H3. The number of rotatable bonds is 6. The van der Waals surface area contributed by atoms with E-state index in [1.807, 2.05) is 0 Å². The van der Waals surface area contributed by atoms with E-state index in [1.165, 1.54) is 49.0 Å². The van der Waals surface area contributed by atoms with Crippen molar-refractivity contribution in [2.24, 2.45) is 0 Å². The molecule has 1 heterocycles. The molecule has 18 heavy (non-hydrogen) atoms. The van der Waals surface area contributed by atoms with Gasteiger partial charge in [0.05, 0.1) is 0 Å². The molecule has 1 atom stereocenters. The van der Waals surface area contributed by atoms with Gasteiger partial charge in [-0.05, 0) is 37.0 Å². The van der Waals surface area contributed by atoms with E-state index in [-0.39, 0.29) is 0 Å². The molecule has 2 nitrogen and oxygen atoms in total. The van der Waals surface area contributed by atoms with Crippen LogP contribution in [-0.2, 0) is 13.0 Å². The zero-order valence-corrected chi connectivity index (χ0v) is 12.0. The number of fused-ring (bicyclic) bond motifs is 1. The molecule has 1 unspecified atom stereocenters. The minimum absolute atomic E-state index is 0.626. The van der Waals surface area contributed by atoms with Crippen molar-refractivity contribution < 1.29 is 0 Å². The lowest BCUT2D eigenvalue weighted by molar-refractivity contribution is 0.495. The number of nitrogens with zero attached hydrogens (tertiary/aromatic N) is 1. The van der Waals surface area contributed by atoms with Crippen LogP contribution in [-0.4, -0.2) is 19.6 Å². The lowest BCUT2D eigenvalue weighted by atomic mass is 10.1. The Balaban J connectivity index is 1.87. The van der Waals surface area contributed by atoms with Gasteiger partial charge in [-0.1, -0.05) is 31.9 Å². The van der Waals surface area contributed by atoms with Crippen molar-refractivity contribution >= 4 is 5.69 Å². The van der Waals surface area contributed by atoms with Gasteiger partial charge in [0.2, 0.25) is 0 Å². The van der Waals surface area contributed by atoms with E-state index >= 15 is 0 Å². The second-order valence-electron chi connectivity index (χ2n) is 5.56. The van der Waals surface area contributed by atoms with E-state index in [0.717, 1.165) is 6.54 Å². The summed E-state index contributed by atoms with van der Waals surface area (Å²) in [5, 5.41) is 3.62. The van der Waals surface area contributed by atoms with Gasteiger partial charge >= 0.3 is 0 Å². The molecule has 0 saturated heterocycles. The molecule has 2 heteroatoms. The summed E-state index contributed by atoms with van der Waals surface area (Å²) >= 11 is 0. The first-order chi connectivity index (χ1) is 8.70. The molecule has 0 bridgehead atoms. The molecule has 1 aliphatic heterocycles. The molecule has 0 aromatic heterocycles. The van der Waals surface area contributed by atoms with Crippen LogP contribution >= 0.6 is 0 Å². The quantitative estimate of drug-likeness (QED) is 0.828. The molecule has 0 radical (unpaired) electrons. The Morgan fingerprint density at radius 1 is 1.39 bits per heavy atom. The van der Waals surface area contributed by atoms with Crippen LogP contribution in [0.5, 0.6) is 0 Å². The molecule has 0 amide bonds. The lowest BCUT2D eigenvalue weighted by Crippen LogP contribution is -2.25. The van der Waals surface area contributed by atoms with Crippen LogP contribution in [0.2, 0.25) is 0 Å². The van der Waals surface area contributed by atoms with Crippen molar-refractivity contribution in [3.63, 3.8) is 0 Å². The number of unbranched alkanes of at least 4 members (excludes halogenated alkanes) is 1. The van der Waals surface area contributed by atoms with Crippen LogP contribution in [0.3, 0.4) is 0 Å². The first-order valence-electron chi connectivity index (χ1n) is 7.27. The highest BCUT2D eigenvalue weighted by molar-refractivity contribution is 5.58. The van der Waals surface area contributed by atoms with Gasteiger partial charge in [0.25, 0.3) is 0 Å². The van der Waals surface area contributed by atoms with E-state index < -0.39 is 0 Å². The van der Waals surface area contributed by atoms with Gasteiger partial charge in [-0.2, -0.15) is 0 Å². The fourth-order valence-electron chi connectivity index (χ4n) is 2.63. The van der Waals surface area contributed by atoms with Crippen molar-refractivity contribution in [2.75, 3.05) is 18.5 Å². The van der Waals surface area contributed by atoms with E-state index in [1.54, 1.807) is 0 Å². The summed E-state index contributed by atoms with van der Waals surface area (Å²) in [7, 11) is 2.18. The average Bonchev–Trinajstić information content (AvgIpc) is 2.75. The predicted molar refractivity (Wildman–Crippen MR) is 79.2 cm³/mol. The largest absolute Gasteiger partial charge is 0.374 e. The van der Waals surface area contributed by atoms with E-state index in [4.69, 9.17) is 0 Å². The average molecular weight is 246 g/mol. The predicted octanol–water partition coefficient (Wildman–Crippen LogP) is 3.35. The zero-order valence-electron chi connectivity index (χ0n) is 12.0. The van der Waals surface area contributed by atoms with E-state index in [2.05, 4.69) is 49.3 Å². The van der Waals surface area contributed by atoms with Crippen LogP contribution in [0.25, 0.3) is 0 Å². The monoisotopic (exact) mass is 246 g/mol. The maximum atomic E-state index is 3.62. The van der Waals surface area contributed by atoms with Crippen LogP contribution in [0, 0.1) is 0 Å². The Kier molecular flexibility index (Phi) is 4.65. The number of nitrogens with one attached hydrogen (secondary N) is 1. The van der Waals surface area contributed by atoms with E-state index in [0.29, 0.717) is 6.04 Å². The fraction of sp³-hybridized carbons (Fsp3) is 0.625. The Morgan fingerprint density at radius 3 is 3.00 bits per heavy atom. The Hall–Kier alpha value is -1.02. The third kappa shape index (κ3) is 3.26. The summed E-state index contributed by atoms with van der Waals surface area (Å²) in [6.45, 7) is 6.71.